The molecule has 0 aromatic rings. The van der Waals surface area contributed by atoms with Crippen LogP contribution in [-0.2, 0) is 4.79 Å². The number of carbonyl (C=O) groups is 1. The van der Waals surface area contributed by atoms with Gasteiger partial charge >= 0.3 is 0 Å². The molecule has 0 aliphatic carbocycles. The molecule has 62 valence electrons. The maximum atomic E-state index is 11.3. The number of aliphatic imine (C=N–C) groups is 1. The molecule has 0 spiro atoms. The van der Waals surface area contributed by atoms with Crippen LogP contribution in [0.4, 0.5) is 0 Å². The first-order valence-electron chi connectivity index (χ1n) is 3.59. The summed E-state index contributed by atoms with van der Waals surface area (Å²) in [6, 6.07) is 0. The van der Waals surface area contributed by atoms with Gasteiger partial charge in [-0.05, 0) is 13.3 Å². The van der Waals surface area contributed by atoms with E-state index in [-0.39, 0.29) is 10.7 Å². The minimum Gasteiger partial charge on any atom is -0.304 e. The Morgan fingerprint density at radius 1 is 1.73 bits per heavy atom. The fourth-order valence-electron chi connectivity index (χ4n) is 0.849. The van der Waals surface area contributed by atoms with Crippen LogP contribution in [0.2, 0.25) is 0 Å². The molecular formula is C7H12N2OS. The van der Waals surface area contributed by atoms with Gasteiger partial charge in [-0.3, -0.25) is 9.79 Å². The molecule has 1 atom stereocenters. The van der Waals surface area contributed by atoms with Gasteiger partial charge in [0.1, 0.15) is 0 Å². The van der Waals surface area contributed by atoms with Crippen LogP contribution in [0.5, 0.6) is 0 Å². The normalized spacial score (nSPS) is 34.5. The highest BCUT2D eigenvalue weighted by Gasteiger charge is 2.40. The summed E-state index contributed by atoms with van der Waals surface area (Å²) >= 11 is 1.51. The highest BCUT2D eigenvalue weighted by atomic mass is 32.2. The van der Waals surface area contributed by atoms with Crippen LogP contribution in [0.3, 0.4) is 0 Å². The first kappa shape index (κ1) is 8.59. The molecule has 0 aromatic carbocycles. The van der Waals surface area contributed by atoms with E-state index in [0.717, 1.165) is 11.6 Å². The van der Waals surface area contributed by atoms with Gasteiger partial charge in [-0.25, -0.2) is 0 Å². The molecule has 1 unspecified atom stereocenters. The molecule has 11 heavy (non-hydrogen) atoms. The Bertz CT molecular complexity index is 214. The van der Waals surface area contributed by atoms with Gasteiger partial charge in [0.25, 0.3) is 0 Å². The smallest absolute Gasteiger partial charge is 0.242 e. The molecule has 1 rings (SSSR count). The van der Waals surface area contributed by atoms with Crippen LogP contribution in [-0.4, -0.2) is 22.9 Å². The van der Waals surface area contributed by atoms with E-state index < -0.39 is 0 Å². The van der Waals surface area contributed by atoms with Crippen molar-refractivity contribution in [2.45, 2.75) is 25.0 Å². The molecule has 1 aliphatic rings. The molecular weight excluding hydrogens is 160 g/mol. The number of hydrogen-bond acceptors (Lipinski definition) is 3. The minimum absolute atomic E-state index is 0.0746. The lowest BCUT2D eigenvalue weighted by molar-refractivity contribution is -0.121. The van der Waals surface area contributed by atoms with E-state index in [1.165, 1.54) is 11.8 Å². The van der Waals surface area contributed by atoms with Crippen molar-refractivity contribution in [3.05, 3.63) is 0 Å². The zero-order valence-electron chi connectivity index (χ0n) is 6.97. The molecule has 0 aromatic heterocycles. The van der Waals surface area contributed by atoms with Crippen LogP contribution >= 0.6 is 11.8 Å². The molecule has 0 saturated carbocycles. The minimum atomic E-state index is -0.297. The fraction of sp³-hybridized carbons (Fsp3) is 0.714. The molecule has 1 aliphatic heterocycles. The van der Waals surface area contributed by atoms with E-state index in [1.807, 2.05) is 13.8 Å². The molecule has 3 nitrogen and oxygen atoms in total. The lowest BCUT2D eigenvalue weighted by Gasteiger charge is -2.14. The molecule has 1 fully saturated rings. The Kier molecular flexibility index (Phi) is 2.23. The van der Waals surface area contributed by atoms with Gasteiger partial charge < -0.3 is 5.32 Å². The van der Waals surface area contributed by atoms with Crippen LogP contribution < -0.4 is 5.32 Å². The number of amidine groups is 1. The van der Waals surface area contributed by atoms with E-state index in [0.29, 0.717) is 0 Å². The Labute approximate surface area is 70.7 Å². The highest BCUT2D eigenvalue weighted by Crippen LogP contribution is 2.33. The Morgan fingerprint density at radius 3 is 2.64 bits per heavy atom. The summed E-state index contributed by atoms with van der Waals surface area (Å²) in [6.07, 6.45) is 0.836. The van der Waals surface area contributed by atoms with E-state index in [9.17, 15) is 4.79 Å². The third-order valence-electron chi connectivity index (χ3n) is 1.90. The Morgan fingerprint density at radius 2 is 2.36 bits per heavy atom. The monoisotopic (exact) mass is 172 g/mol. The average molecular weight is 172 g/mol. The number of carbonyl (C=O) groups excluding carboxylic acids is 1. The number of nitrogens with one attached hydrogen (secondary N) is 1. The van der Waals surface area contributed by atoms with Gasteiger partial charge in [-0.2, -0.15) is 0 Å². The van der Waals surface area contributed by atoms with Crippen molar-refractivity contribution in [2.24, 2.45) is 4.99 Å². The van der Waals surface area contributed by atoms with Gasteiger partial charge in [0.2, 0.25) is 5.91 Å². The summed E-state index contributed by atoms with van der Waals surface area (Å²) in [5.74, 6) is 0.0746. The van der Waals surface area contributed by atoms with Gasteiger partial charge in [-0.15, -0.1) is 0 Å². The second kappa shape index (κ2) is 2.85. The van der Waals surface area contributed by atoms with Crippen LogP contribution in [0.25, 0.3) is 0 Å². The quantitative estimate of drug-likeness (QED) is 0.641. The number of thioether (sulfide) groups is 1. The van der Waals surface area contributed by atoms with Crippen molar-refractivity contribution < 1.29 is 4.79 Å². The predicted octanol–water partition coefficient (Wildman–Crippen LogP) is 1.00. The lowest BCUT2D eigenvalue weighted by atomic mass is 10.1. The van der Waals surface area contributed by atoms with Crippen molar-refractivity contribution >= 4 is 22.8 Å². The molecule has 1 amide bonds. The van der Waals surface area contributed by atoms with Crippen molar-refractivity contribution in [1.29, 1.82) is 0 Å². The van der Waals surface area contributed by atoms with Crippen LogP contribution in [0.1, 0.15) is 20.3 Å². The van der Waals surface area contributed by atoms with Crippen LogP contribution in [0, 0.1) is 0 Å². The lowest BCUT2D eigenvalue weighted by Crippen LogP contribution is -2.32. The highest BCUT2D eigenvalue weighted by molar-refractivity contribution is 8.16. The Balaban J connectivity index is 2.81. The second-order valence-electron chi connectivity index (χ2n) is 2.67. The van der Waals surface area contributed by atoms with Gasteiger partial charge in [0.15, 0.2) is 5.17 Å². The summed E-state index contributed by atoms with van der Waals surface area (Å²) in [5.41, 5.74) is 0. The van der Waals surface area contributed by atoms with Crippen molar-refractivity contribution in [2.75, 3.05) is 7.05 Å². The van der Waals surface area contributed by atoms with Crippen LogP contribution in [0.15, 0.2) is 4.99 Å². The first-order valence-corrected chi connectivity index (χ1v) is 4.41. The summed E-state index contributed by atoms with van der Waals surface area (Å²) in [7, 11) is 1.68. The average Bonchev–Trinajstić information content (AvgIpc) is 2.29. The molecule has 0 radical (unpaired) electrons. The van der Waals surface area contributed by atoms with Crippen molar-refractivity contribution in [3.63, 3.8) is 0 Å². The number of hydrogen-bond donors (Lipinski definition) is 1. The SMILES string of the molecule is CCC1(C)SC(=NC)NC1=O. The molecule has 1 heterocycles. The summed E-state index contributed by atoms with van der Waals surface area (Å²) in [4.78, 5) is 15.2. The van der Waals surface area contributed by atoms with Crippen molar-refractivity contribution in [1.82, 2.24) is 5.32 Å². The number of amides is 1. The summed E-state index contributed by atoms with van der Waals surface area (Å²) in [6.45, 7) is 3.94. The third-order valence-corrected chi connectivity index (χ3v) is 3.30. The molecule has 4 heteroatoms. The predicted molar refractivity (Wildman–Crippen MR) is 47.8 cm³/mol. The largest absolute Gasteiger partial charge is 0.304 e. The molecule has 1 saturated heterocycles. The maximum Gasteiger partial charge on any atom is 0.242 e. The Hall–Kier alpha value is -0.510. The first-order chi connectivity index (χ1) is 5.12. The van der Waals surface area contributed by atoms with E-state index in [1.54, 1.807) is 7.05 Å². The number of nitrogens with zero attached hydrogens (tertiary/aromatic N) is 1. The standard InChI is InChI=1S/C7H12N2OS/c1-4-7(2)5(10)9-6(8-3)11-7/h4H2,1-3H3,(H,8,9,10). The topological polar surface area (TPSA) is 41.5 Å². The van der Waals surface area contributed by atoms with Gasteiger partial charge in [0, 0.05) is 7.05 Å². The van der Waals surface area contributed by atoms with Gasteiger partial charge in [0.05, 0.1) is 4.75 Å². The molecule has 0 bridgehead atoms. The van der Waals surface area contributed by atoms with E-state index >= 15 is 0 Å². The van der Waals surface area contributed by atoms with E-state index in [4.69, 9.17) is 0 Å². The zero-order valence-corrected chi connectivity index (χ0v) is 7.79. The fourth-order valence-corrected chi connectivity index (χ4v) is 1.80. The van der Waals surface area contributed by atoms with E-state index in [2.05, 4.69) is 10.3 Å². The summed E-state index contributed by atoms with van der Waals surface area (Å²) in [5, 5.41) is 3.45. The van der Waals surface area contributed by atoms with Crippen molar-refractivity contribution in [3.8, 4) is 0 Å². The second-order valence-corrected chi connectivity index (χ2v) is 4.16. The maximum absolute atomic E-state index is 11.3. The van der Waals surface area contributed by atoms with Gasteiger partial charge in [-0.1, -0.05) is 18.7 Å². The zero-order chi connectivity index (χ0) is 8.48. The third kappa shape index (κ3) is 1.40. The summed E-state index contributed by atoms with van der Waals surface area (Å²) < 4.78 is -0.297. The molecule has 1 N–H and O–H groups in total. The number of rotatable bonds is 1.